The van der Waals surface area contributed by atoms with Crippen molar-refractivity contribution in [1.29, 1.82) is 0 Å². The minimum Gasteiger partial charge on any atom is -0.330 e. The van der Waals surface area contributed by atoms with Crippen LogP contribution >= 0.6 is 0 Å². The molecule has 0 saturated carbocycles. The molecular formula is C9H19NO2S. The third-order valence-corrected chi connectivity index (χ3v) is 4.69. The van der Waals surface area contributed by atoms with Crippen molar-refractivity contribution >= 4 is 9.84 Å². The van der Waals surface area contributed by atoms with Crippen molar-refractivity contribution in [1.82, 2.24) is 0 Å². The lowest BCUT2D eigenvalue weighted by atomic mass is 9.88. The van der Waals surface area contributed by atoms with Crippen LogP contribution in [0, 0.1) is 11.8 Å². The second-order valence-corrected chi connectivity index (χ2v) is 6.18. The maximum Gasteiger partial charge on any atom is 0.150 e. The predicted molar refractivity (Wildman–Crippen MR) is 54.2 cm³/mol. The zero-order valence-corrected chi connectivity index (χ0v) is 9.02. The van der Waals surface area contributed by atoms with Gasteiger partial charge in [0.05, 0.1) is 11.5 Å². The summed E-state index contributed by atoms with van der Waals surface area (Å²) in [6, 6.07) is 0. The highest BCUT2D eigenvalue weighted by Gasteiger charge is 2.31. The highest BCUT2D eigenvalue weighted by molar-refractivity contribution is 7.91. The maximum atomic E-state index is 11.4. The van der Waals surface area contributed by atoms with Gasteiger partial charge in [0.15, 0.2) is 9.84 Å². The lowest BCUT2D eigenvalue weighted by Crippen LogP contribution is -2.36. The highest BCUT2D eigenvalue weighted by Crippen LogP contribution is 2.27. The van der Waals surface area contributed by atoms with Gasteiger partial charge in [-0.15, -0.1) is 0 Å². The molecule has 1 heterocycles. The molecule has 0 aliphatic carbocycles. The molecule has 0 aromatic heterocycles. The van der Waals surface area contributed by atoms with Crippen LogP contribution in [0.15, 0.2) is 0 Å². The summed E-state index contributed by atoms with van der Waals surface area (Å²) in [6.07, 6.45) is 2.82. The monoisotopic (exact) mass is 205 g/mol. The normalized spacial score (nSPS) is 33.1. The van der Waals surface area contributed by atoms with Gasteiger partial charge in [-0.25, -0.2) is 8.42 Å². The Balaban J connectivity index is 2.63. The Bertz CT molecular complexity index is 248. The van der Waals surface area contributed by atoms with Gasteiger partial charge in [0.25, 0.3) is 0 Å². The maximum absolute atomic E-state index is 11.4. The van der Waals surface area contributed by atoms with E-state index < -0.39 is 9.84 Å². The average Bonchev–Trinajstić information content (AvgIpc) is 2.04. The fourth-order valence-electron chi connectivity index (χ4n) is 2.11. The molecule has 78 valence electrons. The molecule has 1 aliphatic heterocycles. The van der Waals surface area contributed by atoms with E-state index in [4.69, 9.17) is 5.73 Å². The zero-order chi connectivity index (χ0) is 9.90. The molecule has 0 radical (unpaired) electrons. The van der Waals surface area contributed by atoms with Crippen molar-refractivity contribution < 1.29 is 8.42 Å². The summed E-state index contributed by atoms with van der Waals surface area (Å²) < 4.78 is 22.7. The Hall–Kier alpha value is -0.0900. The van der Waals surface area contributed by atoms with E-state index in [0.29, 0.717) is 29.9 Å². The minimum absolute atomic E-state index is 0.314. The number of hydrogen-bond donors (Lipinski definition) is 1. The Morgan fingerprint density at radius 3 is 2.62 bits per heavy atom. The van der Waals surface area contributed by atoms with E-state index in [1.165, 1.54) is 0 Å². The lowest BCUT2D eigenvalue weighted by molar-refractivity contribution is 0.321. The summed E-state index contributed by atoms with van der Waals surface area (Å²) in [5.41, 5.74) is 5.62. The summed E-state index contributed by atoms with van der Waals surface area (Å²) in [5, 5.41) is 0. The predicted octanol–water partition coefficient (Wildman–Crippen LogP) is 0.796. The summed E-state index contributed by atoms with van der Waals surface area (Å²) in [6.45, 7) is 2.73. The van der Waals surface area contributed by atoms with E-state index in [0.717, 1.165) is 19.3 Å². The number of rotatable bonds is 3. The van der Waals surface area contributed by atoms with Crippen molar-refractivity contribution in [3.63, 3.8) is 0 Å². The van der Waals surface area contributed by atoms with E-state index in [9.17, 15) is 8.42 Å². The van der Waals surface area contributed by atoms with Gasteiger partial charge in [-0.3, -0.25) is 0 Å². The fraction of sp³-hybridized carbons (Fsp3) is 1.00. The van der Waals surface area contributed by atoms with Gasteiger partial charge in [-0.2, -0.15) is 0 Å². The molecule has 0 aromatic carbocycles. The standard InChI is InChI=1S/C9H19NO2S/c1-2-3-9-7-13(11,12)5-4-8(9)6-10/h8-9H,2-7,10H2,1H3. The summed E-state index contributed by atoms with van der Waals surface area (Å²) in [7, 11) is -2.75. The second kappa shape index (κ2) is 4.42. The van der Waals surface area contributed by atoms with Crippen LogP contribution in [-0.4, -0.2) is 26.5 Å². The first kappa shape index (κ1) is 11.0. The van der Waals surface area contributed by atoms with E-state index >= 15 is 0 Å². The van der Waals surface area contributed by atoms with E-state index in [-0.39, 0.29) is 0 Å². The van der Waals surface area contributed by atoms with Gasteiger partial charge in [0, 0.05) is 0 Å². The van der Waals surface area contributed by atoms with Crippen molar-refractivity contribution in [2.75, 3.05) is 18.1 Å². The van der Waals surface area contributed by atoms with Crippen molar-refractivity contribution in [2.45, 2.75) is 26.2 Å². The van der Waals surface area contributed by atoms with Gasteiger partial charge in [0.2, 0.25) is 0 Å². The lowest BCUT2D eigenvalue weighted by Gasteiger charge is -2.30. The molecule has 1 fully saturated rings. The number of hydrogen-bond acceptors (Lipinski definition) is 3. The Kier molecular flexibility index (Phi) is 3.74. The first-order chi connectivity index (χ1) is 6.09. The van der Waals surface area contributed by atoms with Gasteiger partial charge < -0.3 is 5.73 Å². The topological polar surface area (TPSA) is 60.2 Å². The largest absolute Gasteiger partial charge is 0.330 e. The molecule has 2 N–H and O–H groups in total. The van der Waals surface area contributed by atoms with Crippen LogP contribution < -0.4 is 5.73 Å². The fourth-order valence-corrected chi connectivity index (χ4v) is 4.03. The van der Waals surface area contributed by atoms with Crippen LogP contribution in [0.2, 0.25) is 0 Å². The molecule has 0 bridgehead atoms. The molecule has 4 heteroatoms. The van der Waals surface area contributed by atoms with E-state index in [2.05, 4.69) is 6.92 Å². The van der Waals surface area contributed by atoms with Gasteiger partial charge >= 0.3 is 0 Å². The molecule has 2 atom stereocenters. The third kappa shape index (κ3) is 2.95. The van der Waals surface area contributed by atoms with Gasteiger partial charge in [0.1, 0.15) is 0 Å². The second-order valence-electron chi connectivity index (χ2n) is 3.95. The first-order valence-corrected chi connectivity index (χ1v) is 6.81. The van der Waals surface area contributed by atoms with Crippen molar-refractivity contribution in [2.24, 2.45) is 17.6 Å². The van der Waals surface area contributed by atoms with Crippen LogP contribution in [-0.2, 0) is 9.84 Å². The minimum atomic E-state index is -2.75. The molecule has 2 unspecified atom stereocenters. The van der Waals surface area contributed by atoms with Crippen LogP contribution in [0.4, 0.5) is 0 Å². The molecule has 1 saturated heterocycles. The molecule has 0 amide bonds. The molecule has 0 spiro atoms. The zero-order valence-electron chi connectivity index (χ0n) is 8.20. The summed E-state index contributed by atoms with van der Waals surface area (Å²) in [4.78, 5) is 0. The van der Waals surface area contributed by atoms with E-state index in [1.807, 2.05) is 0 Å². The quantitative estimate of drug-likeness (QED) is 0.741. The molecule has 0 aromatic rings. The Morgan fingerprint density at radius 1 is 1.38 bits per heavy atom. The molecule has 13 heavy (non-hydrogen) atoms. The molecule has 1 aliphatic rings. The summed E-state index contributed by atoms with van der Waals surface area (Å²) in [5.74, 6) is 1.45. The van der Waals surface area contributed by atoms with Crippen LogP contribution in [0.5, 0.6) is 0 Å². The van der Waals surface area contributed by atoms with Gasteiger partial charge in [-0.05, 0) is 31.2 Å². The first-order valence-electron chi connectivity index (χ1n) is 4.99. The van der Waals surface area contributed by atoms with Crippen molar-refractivity contribution in [3.05, 3.63) is 0 Å². The van der Waals surface area contributed by atoms with Crippen LogP contribution in [0.25, 0.3) is 0 Å². The third-order valence-electron chi connectivity index (χ3n) is 2.90. The Morgan fingerprint density at radius 2 is 2.08 bits per heavy atom. The highest BCUT2D eigenvalue weighted by atomic mass is 32.2. The molecule has 3 nitrogen and oxygen atoms in total. The number of nitrogens with two attached hydrogens (primary N) is 1. The molecular weight excluding hydrogens is 186 g/mol. The van der Waals surface area contributed by atoms with Crippen molar-refractivity contribution in [3.8, 4) is 0 Å². The average molecular weight is 205 g/mol. The Labute approximate surface area is 80.6 Å². The smallest absolute Gasteiger partial charge is 0.150 e. The SMILES string of the molecule is CCCC1CS(=O)(=O)CCC1CN. The van der Waals surface area contributed by atoms with Gasteiger partial charge in [-0.1, -0.05) is 13.3 Å². The van der Waals surface area contributed by atoms with Crippen LogP contribution in [0.1, 0.15) is 26.2 Å². The molecule has 1 rings (SSSR count). The number of sulfone groups is 1. The van der Waals surface area contributed by atoms with E-state index in [1.54, 1.807) is 0 Å². The van der Waals surface area contributed by atoms with Crippen LogP contribution in [0.3, 0.4) is 0 Å². The summed E-state index contributed by atoms with van der Waals surface area (Å²) >= 11 is 0.